The van der Waals surface area contributed by atoms with Crippen LogP contribution in [0.1, 0.15) is 5.56 Å². The molecule has 140 valence electrons. The third kappa shape index (κ3) is 6.06. The van der Waals surface area contributed by atoms with Gasteiger partial charge in [-0.15, -0.1) is 0 Å². The maximum atomic E-state index is 12.5. The fourth-order valence-electron chi connectivity index (χ4n) is 2.69. The third-order valence-electron chi connectivity index (χ3n) is 4.05. The largest absolute Gasteiger partial charge is 0.497 e. The summed E-state index contributed by atoms with van der Waals surface area (Å²) in [5.41, 5.74) is 7.53. The number of ether oxygens (including phenoxy) is 2. The van der Waals surface area contributed by atoms with Crippen LogP contribution in [0, 0.1) is 0 Å². The molecule has 0 aromatic heterocycles. The number of benzene rings is 2. The Morgan fingerprint density at radius 3 is 2.50 bits per heavy atom. The smallest absolute Gasteiger partial charge is 0.238 e. The number of carbonyl (C=O) groups excluding carboxylic acids is 1. The molecule has 0 fully saturated rings. The van der Waals surface area contributed by atoms with Gasteiger partial charge in [0.2, 0.25) is 5.91 Å². The van der Waals surface area contributed by atoms with Gasteiger partial charge in [-0.05, 0) is 24.1 Å². The van der Waals surface area contributed by atoms with Crippen LogP contribution in [0.5, 0.6) is 11.5 Å². The maximum absolute atomic E-state index is 12.5. The summed E-state index contributed by atoms with van der Waals surface area (Å²) in [6, 6.07) is 15.5. The van der Waals surface area contributed by atoms with Gasteiger partial charge in [-0.25, -0.2) is 0 Å². The lowest BCUT2D eigenvalue weighted by Crippen LogP contribution is -2.38. The van der Waals surface area contributed by atoms with Gasteiger partial charge in [0.25, 0.3) is 0 Å². The lowest BCUT2D eigenvalue weighted by Gasteiger charge is -2.21. The zero-order chi connectivity index (χ0) is 18.8. The molecule has 0 atom stereocenters. The second-order valence-corrected chi connectivity index (χ2v) is 5.91. The van der Waals surface area contributed by atoms with Crippen LogP contribution in [0.4, 0.5) is 5.69 Å². The number of nitrogens with two attached hydrogens (primary N) is 1. The number of rotatable bonds is 10. The van der Waals surface area contributed by atoms with Crippen molar-refractivity contribution < 1.29 is 14.3 Å². The highest BCUT2D eigenvalue weighted by Gasteiger charge is 2.13. The van der Waals surface area contributed by atoms with Gasteiger partial charge < -0.3 is 20.5 Å². The summed E-state index contributed by atoms with van der Waals surface area (Å²) < 4.78 is 10.5. The SMILES string of the molecule is COc1ccc(OC)c(NC(=O)CN(CCN)CCc2ccccc2)c1. The van der Waals surface area contributed by atoms with Crippen LogP contribution < -0.4 is 20.5 Å². The molecular weight excluding hydrogens is 330 g/mol. The highest BCUT2D eigenvalue weighted by molar-refractivity contribution is 5.94. The summed E-state index contributed by atoms with van der Waals surface area (Å²) >= 11 is 0. The van der Waals surface area contributed by atoms with Crippen molar-refractivity contribution in [1.29, 1.82) is 0 Å². The predicted octanol–water partition coefficient (Wildman–Crippen LogP) is 2.15. The molecule has 26 heavy (non-hydrogen) atoms. The molecule has 6 heteroatoms. The summed E-state index contributed by atoms with van der Waals surface area (Å²) in [4.78, 5) is 14.5. The average Bonchev–Trinajstić information content (AvgIpc) is 2.67. The minimum atomic E-state index is -0.113. The Balaban J connectivity index is 1.96. The Bertz CT molecular complexity index is 692. The van der Waals surface area contributed by atoms with E-state index in [1.165, 1.54) is 5.56 Å². The molecule has 2 rings (SSSR count). The number of amides is 1. The maximum Gasteiger partial charge on any atom is 0.238 e. The van der Waals surface area contributed by atoms with E-state index in [0.717, 1.165) is 13.0 Å². The standard InChI is InChI=1S/C20H27N3O3/c1-25-17-8-9-19(26-2)18(14-17)22-20(24)15-23(13-11-21)12-10-16-6-4-3-5-7-16/h3-9,14H,10-13,15,21H2,1-2H3,(H,22,24). The monoisotopic (exact) mass is 357 g/mol. The van der Waals surface area contributed by atoms with Crippen LogP contribution in [-0.2, 0) is 11.2 Å². The number of carbonyl (C=O) groups is 1. The normalized spacial score (nSPS) is 10.6. The van der Waals surface area contributed by atoms with E-state index in [9.17, 15) is 4.79 Å². The molecule has 2 aromatic rings. The van der Waals surface area contributed by atoms with Crippen molar-refractivity contribution in [2.45, 2.75) is 6.42 Å². The molecule has 6 nitrogen and oxygen atoms in total. The zero-order valence-corrected chi connectivity index (χ0v) is 15.4. The molecular formula is C20H27N3O3. The minimum absolute atomic E-state index is 0.113. The van der Waals surface area contributed by atoms with Crippen molar-refractivity contribution in [2.75, 3.05) is 45.7 Å². The summed E-state index contributed by atoms with van der Waals surface area (Å²) in [7, 11) is 3.15. The van der Waals surface area contributed by atoms with Gasteiger partial charge in [-0.3, -0.25) is 9.69 Å². The molecule has 0 spiro atoms. The summed E-state index contributed by atoms with van der Waals surface area (Å²) in [5.74, 6) is 1.14. The van der Waals surface area contributed by atoms with Crippen molar-refractivity contribution >= 4 is 11.6 Å². The molecule has 0 bridgehead atoms. The van der Waals surface area contributed by atoms with Gasteiger partial charge in [0.05, 0.1) is 26.5 Å². The quantitative estimate of drug-likeness (QED) is 0.681. The molecule has 0 radical (unpaired) electrons. The van der Waals surface area contributed by atoms with Gasteiger partial charge in [-0.1, -0.05) is 30.3 Å². The van der Waals surface area contributed by atoms with E-state index >= 15 is 0 Å². The fraction of sp³-hybridized carbons (Fsp3) is 0.350. The van der Waals surface area contributed by atoms with E-state index in [4.69, 9.17) is 15.2 Å². The summed E-state index contributed by atoms with van der Waals surface area (Å²) in [6.07, 6.45) is 0.872. The first-order chi connectivity index (χ1) is 12.7. The Morgan fingerprint density at radius 1 is 1.08 bits per heavy atom. The van der Waals surface area contributed by atoms with Crippen molar-refractivity contribution in [3.05, 3.63) is 54.1 Å². The second kappa shape index (κ2) is 10.4. The Kier molecular flexibility index (Phi) is 7.92. The molecule has 3 N–H and O–H groups in total. The van der Waals surface area contributed by atoms with Gasteiger partial charge >= 0.3 is 0 Å². The third-order valence-corrected chi connectivity index (χ3v) is 4.05. The molecule has 0 saturated carbocycles. The summed E-state index contributed by atoms with van der Waals surface area (Å²) in [5, 5.41) is 2.90. The topological polar surface area (TPSA) is 76.8 Å². The van der Waals surface area contributed by atoms with Crippen molar-refractivity contribution in [3.8, 4) is 11.5 Å². The lowest BCUT2D eigenvalue weighted by molar-refractivity contribution is -0.117. The molecule has 0 unspecified atom stereocenters. The molecule has 1 amide bonds. The first-order valence-electron chi connectivity index (χ1n) is 8.64. The lowest BCUT2D eigenvalue weighted by atomic mass is 10.1. The van der Waals surface area contributed by atoms with Crippen LogP contribution in [0.25, 0.3) is 0 Å². The van der Waals surface area contributed by atoms with Crippen LogP contribution in [0.3, 0.4) is 0 Å². The van der Waals surface area contributed by atoms with Gasteiger partial charge in [-0.2, -0.15) is 0 Å². The zero-order valence-electron chi connectivity index (χ0n) is 15.4. The average molecular weight is 357 g/mol. The van der Waals surface area contributed by atoms with E-state index in [-0.39, 0.29) is 12.5 Å². The first-order valence-corrected chi connectivity index (χ1v) is 8.64. The highest BCUT2D eigenvalue weighted by Crippen LogP contribution is 2.28. The number of nitrogens with zero attached hydrogens (tertiary/aromatic N) is 1. The van der Waals surface area contributed by atoms with Gasteiger partial charge in [0.1, 0.15) is 11.5 Å². The summed E-state index contributed by atoms with van der Waals surface area (Å²) in [6.45, 7) is 2.20. The van der Waals surface area contributed by atoms with E-state index < -0.39 is 0 Å². The molecule has 0 aliphatic carbocycles. The fourth-order valence-corrected chi connectivity index (χ4v) is 2.69. The second-order valence-electron chi connectivity index (χ2n) is 5.91. The molecule has 0 heterocycles. The molecule has 0 aliphatic heterocycles. The number of hydrogen-bond acceptors (Lipinski definition) is 5. The van der Waals surface area contributed by atoms with Crippen LogP contribution in [-0.4, -0.2) is 51.2 Å². The molecule has 2 aromatic carbocycles. The van der Waals surface area contributed by atoms with E-state index in [0.29, 0.717) is 30.3 Å². The van der Waals surface area contributed by atoms with Crippen molar-refractivity contribution in [2.24, 2.45) is 5.73 Å². The number of nitrogens with one attached hydrogen (secondary N) is 1. The van der Waals surface area contributed by atoms with E-state index in [1.807, 2.05) is 18.2 Å². The van der Waals surface area contributed by atoms with E-state index in [1.54, 1.807) is 32.4 Å². The first kappa shape index (κ1) is 19.8. The minimum Gasteiger partial charge on any atom is -0.497 e. The van der Waals surface area contributed by atoms with Gasteiger partial charge in [0.15, 0.2) is 0 Å². The van der Waals surface area contributed by atoms with E-state index in [2.05, 4.69) is 22.3 Å². The van der Waals surface area contributed by atoms with Crippen LogP contribution >= 0.6 is 0 Å². The number of methoxy groups -OCH3 is 2. The highest BCUT2D eigenvalue weighted by atomic mass is 16.5. The number of anilines is 1. The van der Waals surface area contributed by atoms with Crippen molar-refractivity contribution in [1.82, 2.24) is 4.90 Å². The van der Waals surface area contributed by atoms with Gasteiger partial charge in [0, 0.05) is 25.7 Å². The Morgan fingerprint density at radius 2 is 1.85 bits per heavy atom. The molecule has 0 saturated heterocycles. The molecule has 0 aliphatic rings. The Hall–Kier alpha value is -2.57. The van der Waals surface area contributed by atoms with Crippen LogP contribution in [0.2, 0.25) is 0 Å². The van der Waals surface area contributed by atoms with Crippen molar-refractivity contribution in [3.63, 3.8) is 0 Å². The van der Waals surface area contributed by atoms with Crippen LogP contribution in [0.15, 0.2) is 48.5 Å². The predicted molar refractivity (Wildman–Crippen MR) is 104 cm³/mol. The number of hydrogen-bond donors (Lipinski definition) is 2. The Labute approximate surface area is 154 Å².